The van der Waals surface area contributed by atoms with Gasteiger partial charge in [-0.1, -0.05) is 52.5 Å². The molecule has 2 aromatic carbocycles. The standard InChI is InChI=1S/C24H14Cl4N4O5/c25-12-2-1-11(16(26)7-12)10-31-17-4-3-14(33)9-15(17)19(21(31)28)20(34)23(36)32(24(37)22(29)35)13-5-6-30-18(27)8-13/h1-9,33H,10H2,(H2,29,35). The highest BCUT2D eigenvalue weighted by Gasteiger charge is 2.36. The molecule has 9 nitrogen and oxygen atoms in total. The van der Waals surface area contributed by atoms with Gasteiger partial charge in [0.2, 0.25) is 0 Å². The van der Waals surface area contributed by atoms with E-state index in [1.165, 1.54) is 41.1 Å². The Bertz CT molecular complexity index is 1620. The van der Waals surface area contributed by atoms with Gasteiger partial charge in [-0.2, -0.15) is 0 Å². The summed E-state index contributed by atoms with van der Waals surface area (Å²) in [5, 5.41) is 10.7. The number of phenolic OH excluding ortho intramolecular Hbond substituents is 1. The molecule has 2 aromatic heterocycles. The van der Waals surface area contributed by atoms with Gasteiger partial charge in [-0.25, -0.2) is 9.88 Å². The summed E-state index contributed by atoms with van der Waals surface area (Å²) in [5.74, 6) is -5.85. The molecule has 0 aliphatic rings. The Labute approximate surface area is 228 Å². The average molecular weight is 580 g/mol. The highest BCUT2D eigenvalue weighted by Crippen LogP contribution is 2.35. The number of anilines is 1. The molecule has 4 rings (SSSR count). The maximum atomic E-state index is 13.5. The summed E-state index contributed by atoms with van der Waals surface area (Å²) in [5.41, 5.74) is 5.57. The molecule has 0 unspecified atom stereocenters. The van der Waals surface area contributed by atoms with Gasteiger partial charge in [0.05, 0.1) is 23.3 Å². The second-order valence-electron chi connectivity index (χ2n) is 7.66. The van der Waals surface area contributed by atoms with E-state index in [-0.39, 0.29) is 44.1 Å². The molecule has 3 amide bonds. The quantitative estimate of drug-likeness (QED) is 0.201. The number of rotatable bonds is 5. The van der Waals surface area contributed by atoms with Gasteiger partial charge in [-0.05, 0) is 48.0 Å². The average Bonchev–Trinajstić information content (AvgIpc) is 3.10. The number of primary amides is 1. The Kier molecular flexibility index (Phi) is 7.42. The van der Waals surface area contributed by atoms with Crippen molar-refractivity contribution in [2.24, 2.45) is 5.73 Å². The Balaban J connectivity index is 1.86. The van der Waals surface area contributed by atoms with Gasteiger partial charge in [0.25, 0.3) is 5.78 Å². The number of carbonyl (C=O) groups is 4. The van der Waals surface area contributed by atoms with Gasteiger partial charge in [-0.3, -0.25) is 19.2 Å². The van der Waals surface area contributed by atoms with Crippen LogP contribution in [0.4, 0.5) is 5.69 Å². The van der Waals surface area contributed by atoms with Crippen molar-refractivity contribution in [1.82, 2.24) is 9.55 Å². The largest absolute Gasteiger partial charge is 0.508 e. The predicted octanol–water partition coefficient (Wildman–Crippen LogP) is 4.63. The minimum Gasteiger partial charge on any atom is -0.508 e. The minimum absolute atomic E-state index is 0.0709. The summed E-state index contributed by atoms with van der Waals surface area (Å²) in [6.45, 7) is 0.0709. The molecule has 0 spiro atoms. The van der Waals surface area contributed by atoms with Crippen molar-refractivity contribution in [3.8, 4) is 5.75 Å². The summed E-state index contributed by atoms with van der Waals surface area (Å²) in [6.07, 6.45) is 1.17. The molecule has 0 bridgehead atoms. The number of aromatic hydroxyl groups is 1. The molecular formula is C24H14Cl4N4O5. The third-order valence-corrected chi connectivity index (χ3v) is 6.52. The highest BCUT2D eigenvalue weighted by molar-refractivity contribution is 6.59. The lowest BCUT2D eigenvalue weighted by atomic mass is 10.1. The number of phenols is 1. The molecule has 0 fully saturated rings. The van der Waals surface area contributed by atoms with Crippen LogP contribution in [-0.2, 0) is 20.9 Å². The van der Waals surface area contributed by atoms with Gasteiger partial charge in [-0.15, -0.1) is 0 Å². The number of hydrogen-bond acceptors (Lipinski definition) is 6. The number of amides is 3. The summed E-state index contributed by atoms with van der Waals surface area (Å²) in [7, 11) is 0. The number of nitrogens with two attached hydrogens (primary N) is 1. The van der Waals surface area contributed by atoms with Gasteiger partial charge in [0.1, 0.15) is 16.1 Å². The number of imide groups is 1. The van der Waals surface area contributed by atoms with E-state index in [0.717, 1.165) is 6.07 Å². The first-order valence-corrected chi connectivity index (χ1v) is 11.8. The second-order valence-corrected chi connectivity index (χ2v) is 9.25. The Morgan fingerprint density at radius 1 is 0.946 bits per heavy atom. The molecule has 0 radical (unpaired) electrons. The van der Waals surface area contributed by atoms with Crippen molar-refractivity contribution in [1.29, 1.82) is 0 Å². The number of pyridine rings is 1. The highest BCUT2D eigenvalue weighted by atomic mass is 35.5. The Morgan fingerprint density at radius 2 is 1.68 bits per heavy atom. The number of carbonyl (C=O) groups excluding carboxylic acids is 4. The zero-order chi connectivity index (χ0) is 27.0. The van der Waals surface area contributed by atoms with Crippen LogP contribution in [0.3, 0.4) is 0 Å². The van der Waals surface area contributed by atoms with Gasteiger partial charge >= 0.3 is 17.7 Å². The summed E-state index contributed by atoms with van der Waals surface area (Å²) >= 11 is 24.8. The van der Waals surface area contributed by atoms with Crippen LogP contribution in [0.1, 0.15) is 15.9 Å². The first-order valence-electron chi connectivity index (χ1n) is 10.3. The lowest BCUT2D eigenvalue weighted by Gasteiger charge is -2.18. The van der Waals surface area contributed by atoms with Crippen molar-refractivity contribution >= 4 is 86.5 Å². The molecule has 3 N–H and O–H groups in total. The van der Waals surface area contributed by atoms with Crippen molar-refractivity contribution in [2.75, 3.05) is 4.90 Å². The number of halogens is 4. The van der Waals surface area contributed by atoms with Crippen LogP contribution in [0.2, 0.25) is 20.4 Å². The molecule has 37 heavy (non-hydrogen) atoms. The fourth-order valence-electron chi connectivity index (χ4n) is 3.68. The van der Waals surface area contributed by atoms with Crippen molar-refractivity contribution in [3.05, 3.63) is 86.2 Å². The van der Waals surface area contributed by atoms with E-state index in [1.807, 2.05) is 0 Å². The van der Waals surface area contributed by atoms with Gasteiger partial charge < -0.3 is 15.4 Å². The van der Waals surface area contributed by atoms with Crippen molar-refractivity contribution in [2.45, 2.75) is 6.54 Å². The first-order chi connectivity index (χ1) is 17.5. The molecule has 4 aromatic rings. The van der Waals surface area contributed by atoms with E-state index in [9.17, 15) is 24.3 Å². The maximum absolute atomic E-state index is 13.5. The minimum atomic E-state index is -1.49. The Morgan fingerprint density at radius 3 is 2.32 bits per heavy atom. The van der Waals surface area contributed by atoms with Crippen molar-refractivity contribution < 1.29 is 24.3 Å². The smallest absolute Gasteiger partial charge is 0.323 e. The molecule has 13 heteroatoms. The first kappa shape index (κ1) is 26.4. The number of hydrogen-bond donors (Lipinski definition) is 2. The normalized spacial score (nSPS) is 10.9. The van der Waals surface area contributed by atoms with E-state index in [1.54, 1.807) is 12.1 Å². The molecule has 0 saturated heterocycles. The van der Waals surface area contributed by atoms with Crippen LogP contribution in [0.25, 0.3) is 10.9 Å². The van der Waals surface area contributed by atoms with Gasteiger partial charge in [0.15, 0.2) is 0 Å². The van der Waals surface area contributed by atoms with Crippen LogP contribution in [0.15, 0.2) is 54.7 Å². The predicted molar refractivity (Wildman–Crippen MR) is 139 cm³/mol. The Hall–Kier alpha value is -3.63. The summed E-state index contributed by atoms with van der Waals surface area (Å²) < 4.78 is 1.50. The maximum Gasteiger partial charge on any atom is 0.323 e. The number of ketones is 1. The summed E-state index contributed by atoms with van der Waals surface area (Å²) in [4.78, 5) is 55.2. The van der Waals surface area contributed by atoms with Crippen LogP contribution in [0.5, 0.6) is 5.75 Å². The number of benzene rings is 2. The number of nitrogens with zero attached hydrogens (tertiary/aromatic N) is 3. The molecular weight excluding hydrogens is 566 g/mol. The molecule has 2 heterocycles. The molecule has 0 saturated carbocycles. The number of aromatic nitrogens is 2. The van der Waals surface area contributed by atoms with Gasteiger partial charge in [0, 0.05) is 21.6 Å². The van der Waals surface area contributed by atoms with E-state index >= 15 is 0 Å². The number of fused-ring (bicyclic) bond motifs is 1. The molecule has 0 aliphatic heterocycles. The fourth-order valence-corrected chi connectivity index (χ4v) is 4.65. The van der Waals surface area contributed by atoms with Crippen molar-refractivity contribution in [3.63, 3.8) is 0 Å². The molecule has 0 aliphatic carbocycles. The van der Waals surface area contributed by atoms with E-state index < -0.39 is 23.5 Å². The second kappa shape index (κ2) is 10.4. The lowest BCUT2D eigenvalue weighted by Crippen LogP contribution is -2.47. The number of Topliss-reactive ketones (excluding diaryl/α,β-unsaturated/α-hetero) is 1. The van der Waals surface area contributed by atoms with E-state index in [4.69, 9.17) is 52.1 Å². The zero-order valence-electron chi connectivity index (χ0n) is 18.4. The van der Waals surface area contributed by atoms with Crippen LogP contribution in [0, 0.1) is 0 Å². The fraction of sp³-hybridized carbons (Fsp3) is 0.0417. The topological polar surface area (TPSA) is 136 Å². The SMILES string of the molecule is NC(=O)C(=O)N(C(=O)C(=O)c1c(Cl)n(Cc2ccc(Cl)cc2Cl)c2ccc(O)cc12)c1ccnc(Cl)c1. The van der Waals surface area contributed by atoms with Crippen LogP contribution < -0.4 is 10.6 Å². The molecule has 0 atom stereocenters. The van der Waals surface area contributed by atoms with Crippen LogP contribution in [-0.4, -0.2) is 38.2 Å². The van der Waals surface area contributed by atoms with E-state index in [2.05, 4.69) is 4.98 Å². The summed E-state index contributed by atoms with van der Waals surface area (Å²) in [6, 6.07) is 11.2. The monoisotopic (exact) mass is 578 g/mol. The third kappa shape index (κ3) is 5.12. The zero-order valence-corrected chi connectivity index (χ0v) is 21.4. The van der Waals surface area contributed by atoms with Crippen LogP contribution >= 0.6 is 46.4 Å². The third-order valence-electron chi connectivity index (χ3n) is 5.33. The molecule has 188 valence electrons. The lowest BCUT2D eigenvalue weighted by molar-refractivity contribution is -0.137. The van der Waals surface area contributed by atoms with E-state index in [0.29, 0.717) is 21.1 Å².